The highest BCUT2D eigenvalue weighted by atomic mass is 16.3. The second-order valence-electron chi connectivity index (χ2n) is 20.2. The number of aromatic nitrogens is 1. The summed E-state index contributed by atoms with van der Waals surface area (Å²) in [4.78, 5) is 2.44. The van der Waals surface area contributed by atoms with Crippen LogP contribution in [0.3, 0.4) is 0 Å². The summed E-state index contributed by atoms with van der Waals surface area (Å²) in [5.74, 6) is 4.98. The molecule has 4 aliphatic carbocycles. The number of benzene rings is 9. The summed E-state index contributed by atoms with van der Waals surface area (Å²) >= 11 is 0. The zero-order valence-corrected chi connectivity index (χ0v) is 36.8. The van der Waals surface area contributed by atoms with Gasteiger partial charge in [0.1, 0.15) is 11.2 Å². The van der Waals surface area contributed by atoms with E-state index in [4.69, 9.17) is 4.42 Å². The topological polar surface area (TPSA) is 21.3 Å². The summed E-state index contributed by atoms with van der Waals surface area (Å²) in [5.41, 5.74) is 15.5. The maximum atomic E-state index is 6.48. The first-order chi connectivity index (χ1) is 32.6. The third kappa shape index (κ3) is 5.31. The first kappa shape index (κ1) is 36.9. The lowest BCUT2D eigenvalue weighted by atomic mass is 9.52. The maximum Gasteiger partial charge on any atom is 0.143 e. The predicted octanol–water partition coefficient (Wildman–Crippen LogP) is 17.0. The van der Waals surface area contributed by atoms with Crippen LogP contribution < -0.4 is 4.90 Å². The molecule has 3 heteroatoms. The summed E-state index contributed by atoms with van der Waals surface area (Å²) in [5, 5.41) is 7.38. The Morgan fingerprint density at radius 2 is 1.14 bits per heavy atom. The molecule has 0 saturated heterocycles. The van der Waals surface area contributed by atoms with Crippen molar-refractivity contribution in [3.05, 3.63) is 206 Å². The van der Waals surface area contributed by atoms with E-state index < -0.39 is 0 Å². The first-order valence-corrected chi connectivity index (χ1v) is 24.2. The lowest BCUT2D eigenvalue weighted by molar-refractivity contribution is 0.00350. The minimum absolute atomic E-state index is 0.368. The first-order valence-electron chi connectivity index (χ1n) is 24.2. The van der Waals surface area contributed by atoms with Crippen LogP contribution in [0.1, 0.15) is 37.7 Å². The molecule has 9 aromatic carbocycles. The van der Waals surface area contributed by atoms with Crippen molar-refractivity contribution in [2.45, 2.75) is 37.5 Å². The average molecular weight is 849 g/mol. The van der Waals surface area contributed by atoms with Crippen LogP contribution in [0.15, 0.2) is 205 Å². The van der Waals surface area contributed by atoms with Gasteiger partial charge in [0, 0.05) is 55.2 Å². The molecule has 15 rings (SSSR count). The number of para-hydroxylation sites is 3. The van der Waals surface area contributed by atoms with Gasteiger partial charge in [0.25, 0.3) is 0 Å². The van der Waals surface area contributed by atoms with Gasteiger partial charge in [-0.3, -0.25) is 0 Å². The summed E-state index contributed by atoms with van der Waals surface area (Å²) in [6.45, 7) is 0. The van der Waals surface area contributed by atoms with Crippen molar-refractivity contribution in [2.24, 2.45) is 29.6 Å². The van der Waals surface area contributed by atoms with Crippen molar-refractivity contribution in [2.75, 3.05) is 4.90 Å². The molecule has 4 saturated carbocycles. The van der Waals surface area contributed by atoms with Crippen molar-refractivity contribution in [1.82, 2.24) is 4.57 Å². The van der Waals surface area contributed by atoms with Gasteiger partial charge in [0.05, 0.1) is 11.0 Å². The van der Waals surface area contributed by atoms with E-state index in [0.29, 0.717) is 5.41 Å². The highest BCUT2D eigenvalue weighted by Gasteiger charge is 2.65. The van der Waals surface area contributed by atoms with E-state index in [2.05, 4.69) is 204 Å². The Hall–Kier alpha value is -7.36. The van der Waals surface area contributed by atoms with Crippen LogP contribution in [0.2, 0.25) is 0 Å². The van der Waals surface area contributed by atoms with E-state index in [0.717, 1.165) is 79.7 Å². The molecule has 4 fully saturated rings. The summed E-state index contributed by atoms with van der Waals surface area (Å²) < 4.78 is 8.94. The molecule has 0 aliphatic heterocycles. The second-order valence-corrected chi connectivity index (χ2v) is 20.2. The van der Waals surface area contributed by atoms with Gasteiger partial charge in [-0.15, -0.1) is 0 Å². The number of hydrogen-bond donors (Lipinski definition) is 0. The normalized spacial score (nSPS) is 22.8. The number of nitrogens with zero attached hydrogens (tertiary/aromatic N) is 2. The van der Waals surface area contributed by atoms with Crippen molar-refractivity contribution >= 4 is 71.6 Å². The number of rotatable bonds is 7. The smallest absolute Gasteiger partial charge is 0.143 e. The van der Waals surface area contributed by atoms with E-state index in [9.17, 15) is 0 Å². The standard InChI is InChI=1S/C63H48N2O/c1-2-12-51-40(9-1)23-32-55-53-13-3-5-17-58(53)65(61(51)55)50-11-7-10-42(35-50)39-19-26-47(27-20-39)64(49-30-24-46(25-31-49)63-36-44-33-43-34-45(37-63)60(43)57(44)38-63)48-28-21-41(22-29-48)52-15-8-16-56-54-14-4-6-18-59(54)66-62(52)56/h1-32,35,43-45,57,60H,33-34,36-38H2/t43?,44-,45-,57?,60?,63?/m0/s1. The molecule has 4 unspecified atom stereocenters. The van der Waals surface area contributed by atoms with Crippen molar-refractivity contribution < 1.29 is 4.42 Å². The Balaban J connectivity index is 0.812. The molecular weight excluding hydrogens is 801 g/mol. The molecule has 2 heterocycles. The van der Waals surface area contributed by atoms with E-state index in [-0.39, 0.29) is 0 Å². The van der Waals surface area contributed by atoms with Gasteiger partial charge in [-0.25, -0.2) is 0 Å². The molecule has 3 nitrogen and oxygen atoms in total. The fourth-order valence-electron chi connectivity index (χ4n) is 14.3. The fourth-order valence-corrected chi connectivity index (χ4v) is 14.3. The number of hydrogen-bond acceptors (Lipinski definition) is 2. The van der Waals surface area contributed by atoms with Crippen molar-refractivity contribution in [3.63, 3.8) is 0 Å². The van der Waals surface area contributed by atoms with E-state index in [1.807, 2.05) is 6.07 Å². The molecule has 2 aromatic heterocycles. The Kier molecular flexibility index (Phi) is 7.74. The zero-order chi connectivity index (χ0) is 43.1. The molecule has 316 valence electrons. The SMILES string of the molecule is c1cc(-c2ccc(N(c3ccc(-c4cccc5c4oc4ccccc45)cc3)c3ccc(C45CC6C7C(C[C@H]6C4)C[C@H]7C5)cc3)cc2)cc(-n2c3ccccc3c3ccc4ccccc4c32)c1. The maximum absolute atomic E-state index is 6.48. The quantitative estimate of drug-likeness (QED) is 0.159. The molecule has 0 spiro atoms. The van der Waals surface area contributed by atoms with Gasteiger partial charge in [-0.1, -0.05) is 140 Å². The lowest BCUT2D eigenvalue weighted by Gasteiger charge is -2.52. The predicted molar refractivity (Wildman–Crippen MR) is 273 cm³/mol. The van der Waals surface area contributed by atoms with Crippen LogP contribution in [0.5, 0.6) is 0 Å². The third-order valence-corrected chi connectivity index (χ3v) is 17.0. The lowest BCUT2D eigenvalue weighted by Crippen LogP contribution is -2.45. The zero-order valence-electron chi connectivity index (χ0n) is 36.8. The van der Waals surface area contributed by atoms with E-state index in [1.165, 1.54) is 81.5 Å². The Labute approximate surface area is 384 Å². The number of furan rings is 1. The van der Waals surface area contributed by atoms with Gasteiger partial charge in [-0.05, 0) is 155 Å². The van der Waals surface area contributed by atoms with Crippen LogP contribution >= 0.6 is 0 Å². The number of anilines is 3. The van der Waals surface area contributed by atoms with Crippen LogP contribution in [0.4, 0.5) is 17.1 Å². The number of fused-ring (bicyclic) bond motifs is 9. The van der Waals surface area contributed by atoms with Crippen LogP contribution in [0.25, 0.3) is 82.5 Å². The van der Waals surface area contributed by atoms with Gasteiger partial charge in [0.15, 0.2) is 0 Å². The molecule has 0 radical (unpaired) electrons. The summed E-state index contributed by atoms with van der Waals surface area (Å²) in [6.07, 6.45) is 7.20. The third-order valence-electron chi connectivity index (χ3n) is 17.0. The van der Waals surface area contributed by atoms with Gasteiger partial charge < -0.3 is 13.9 Å². The van der Waals surface area contributed by atoms with Gasteiger partial charge in [0.2, 0.25) is 0 Å². The van der Waals surface area contributed by atoms with E-state index in [1.54, 1.807) is 5.56 Å². The monoisotopic (exact) mass is 848 g/mol. The molecule has 0 N–H and O–H groups in total. The minimum atomic E-state index is 0.368. The molecule has 11 aromatic rings. The Morgan fingerprint density at radius 3 is 1.97 bits per heavy atom. The van der Waals surface area contributed by atoms with Crippen LogP contribution in [-0.4, -0.2) is 4.57 Å². The molecule has 4 aliphatic rings. The highest BCUT2D eigenvalue weighted by molar-refractivity contribution is 6.18. The summed E-state index contributed by atoms with van der Waals surface area (Å²) in [7, 11) is 0. The van der Waals surface area contributed by atoms with Crippen LogP contribution in [0, 0.1) is 29.6 Å². The molecular formula is C63H48N2O. The highest BCUT2D eigenvalue weighted by Crippen LogP contribution is 2.72. The largest absolute Gasteiger partial charge is 0.455 e. The van der Waals surface area contributed by atoms with Crippen LogP contribution in [-0.2, 0) is 5.41 Å². The molecule has 6 atom stereocenters. The molecule has 66 heavy (non-hydrogen) atoms. The Bertz CT molecular complexity index is 3720. The molecule has 2 bridgehead atoms. The van der Waals surface area contributed by atoms with Gasteiger partial charge >= 0.3 is 0 Å². The van der Waals surface area contributed by atoms with Gasteiger partial charge in [-0.2, -0.15) is 0 Å². The Morgan fingerprint density at radius 1 is 0.470 bits per heavy atom. The fraction of sp³-hybridized carbons (Fsp3) is 0.175. The van der Waals surface area contributed by atoms with Crippen molar-refractivity contribution in [3.8, 4) is 27.9 Å². The summed E-state index contributed by atoms with van der Waals surface area (Å²) in [6, 6.07) is 74.1. The van der Waals surface area contributed by atoms with Crippen molar-refractivity contribution in [1.29, 1.82) is 0 Å². The molecule has 0 amide bonds. The minimum Gasteiger partial charge on any atom is -0.455 e. The second kappa shape index (κ2) is 13.8. The average Bonchev–Trinajstić information content (AvgIpc) is 4.09. The van der Waals surface area contributed by atoms with E-state index >= 15 is 0 Å².